The van der Waals surface area contributed by atoms with Crippen molar-refractivity contribution in [3.63, 3.8) is 0 Å². The van der Waals surface area contributed by atoms with Crippen LogP contribution in [0.15, 0.2) is 12.3 Å². The van der Waals surface area contributed by atoms with Crippen LogP contribution < -0.4 is 0 Å². The normalized spacial score (nSPS) is 11.0. The van der Waals surface area contributed by atoms with E-state index in [9.17, 15) is 0 Å². The molecule has 68 valence electrons. The lowest BCUT2D eigenvalue weighted by atomic mass is 9.87. The Morgan fingerprint density at radius 3 is 2.46 bits per heavy atom. The summed E-state index contributed by atoms with van der Waals surface area (Å²) < 4.78 is 0. The molecule has 0 unspecified atom stereocenters. The summed E-state index contributed by atoms with van der Waals surface area (Å²) in [6.07, 6.45) is 1.84. The van der Waals surface area contributed by atoms with Crippen molar-refractivity contribution in [3.8, 4) is 6.07 Å². The van der Waals surface area contributed by atoms with Crippen molar-refractivity contribution < 1.29 is 0 Å². The van der Waals surface area contributed by atoms with Gasteiger partial charge in [0.15, 0.2) is 0 Å². The van der Waals surface area contributed by atoms with E-state index in [1.165, 1.54) is 0 Å². The molecule has 0 bridgehead atoms. The molecule has 1 aromatic rings. The monoisotopic (exact) mass is 174 g/mol. The van der Waals surface area contributed by atoms with Gasteiger partial charge in [-0.15, -0.1) is 0 Å². The van der Waals surface area contributed by atoms with Crippen molar-refractivity contribution in [1.29, 1.82) is 5.26 Å². The molecule has 0 amide bonds. The van der Waals surface area contributed by atoms with E-state index >= 15 is 0 Å². The van der Waals surface area contributed by atoms with Crippen LogP contribution in [0.2, 0.25) is 0 Å². The number of hydrogen-bond acceptors (Lipinski definition) is 2. The summed E-state index contributed by atoms with van der Waals surface area (Å²) >= 11 is 0. The van der Waals surface area contributed by atoms with Gasteiger partial charge in [-0.25, -0.2) is 0 Å². The summed E-state index contributed by atoms with van der Waals surface area (Å²) in [6, 6.07) is 4.06. The zero-order valence-electron chi connectivity index (χ0n) is 8.55. The number of rotatable bonds is 0. The molecule has 0 fully saturated rings. The summed E-state index contributed by atoms with van der Waals surface area (Å²) in [5, 5.41) is 8.82. The maximum Gasteiger partial charge on any atom is 0.101 e. The lowest BCUT2D eigenvalue weighted by Gasteiger charge is -2.18. The Balaban J connectivity index is 3.24. The first-order valence-corrected chi connectivity index (χ1v) is 4.32. The summed E-state index contributed by atoms with van der Waals surface area (Å²) in [4.78, 5) is 4.19. The van der Waals surface area contributed by atoms with Crippen LogP contribution in [0.5, 0.6) is 0 Å². The predicted molar refractivity (Wildman–Crippen MR) is 52.4 cm³/mol. The minimum absolute atomic E-state index is 0.0618. The Hall–Kier alpha value is -1.36. The molecule has 0 radical (unpaired) electrons. The lowest BCUT2D eigenvalue weighted by molar-refractivity contribution is 0.586. The largest absolute Gasteiger partial charge is 0.260 e. The fourth-order valence-electron chi connectivity index (χ4n) is 1.06. The SMILES string of the molecule is Cc1ncc(C(C)(C)C)cc1C#N. The molecule has 0 atom stereocenters. The summed E-state index contributed by atoms with van der Waals surface area (Å²) in [5.41, 5.74) is 2.64. The van der Waals surface area contributed by atoms with E-state index in [2.05, 4.69) is 31.8 Å². The molecule has 0 spiro atoms. The second-order valence-electron chi connectivity index (χ2n) is 4.22. The third-order valence-corrected chi connectivity index (χ3v) is 2.07. The molecular formula is C11H14N2. The van der Waals surface area contributed by atoms with Gasteiger partial charge in [-0.2, -0.15) is 5.26 Å². The quantitative estimate of drug-likeness (QED) is 0.606. The molecule has 0 aliphatic rings. The third kappa shape index (κ3) is 2.06. The third-order valence-electron chi connectivity index (χ3n) is 2.07. The highest BCUT2D eigenvalue weighted by Crippen LogP contribution is 2.22. The van der Waals surface area contributed by atoms with Gasteiger partial charge in [0.1, 0.15) is 6.07 Å². The Morgan fingerprint density at radius 1 is 1.38 bits per heavy atom. The molecule has 1 heterocycles. The molecule has 0 aliphatic carbocycles. The van der Waals surface area contributed by atoms with Gasteiger partial charge in [-0.1, -0.05) is 20.8 Å². The van der Waals surface area contributed by atoms with E-state index < -0.39 is 0 Å². The number of nitriles is 1. The van der Waals surface area contributed by atoms with Crippen LogP contribution in [-0.2, 0) is 5.41 Å². The fourth-order valence-corrected chi connectivity index (χ4v) is 1.06. The Morgan fingerprint density at radius 2 is 2.00 bits per heavy atom. The van der Waals surface area contributed by atoms with Gasteiger partial charge >= 0.3 is 0 Å². The number of aromatic nitrogens is 1. The molecule has 0 saturated heterocycles. The van der Waals surface area contributed by atoms with Crippen LogP contribution in [0.3, 0.4) is 0 Å². The van der Waals surface area contributed by atoms with Gasteiger partial charge in [0, 0.05) is 6.20 Å². The maximum atomic E-state index is 8.82. The van der Waals surface area contributed by atoms with Crippen LogP contribution >= 0.6 is 0 Å². The second kappa shape index (κ2) is 3.18. The molecule has 1 aromatic heterocycles. The average Bonchev–Trinajstić information content (AvgIpc) is 2.03. The van der Waals surface area contributed by atoms with Crippen LogP contribution in [0, 0.1) is 18.3 Å². The second-order valence-corrected chi connectivity index (χ2v) is 4.22. The summed E-state index contributed by atoms with van der Waals surface area (Å²) in [6.45, 7) is 8.19. The van der Waals surface area contributed by atoms with Gasteiger partial charge in [-0.05, 0) is 24.0 Å². The Kier molecular flexibility index (Phi) is 2.38. The highest BCUT2D eigenvalue weighted by molar-refractivity contribution is 5.37. The molecule has 1 rings (SSSR count). The molecule has 0 aliphatic heterocycles. The number of aryl methyl sites for hydroxylation is 1. The van der Waals surface area contributed by atoms with Gasteiger partial charge in [0.25, 0.3) is 0 Å². The van der Waals surface area contributed by atoms with Crippen LogP contribution in [-0.4, -0.2) is 4.98 Å². The van der Waals surface area contributed by atoms with Crippen LogP contribution in [0.4, 0.5) is 0 Å². The smallest absolute Gasteiger partial charge is 0.101 e. The van der Waals surface area contributed by atoms with Gasteiger partial charge < -0.3 is 0 Å². The van der Waals surface area contributed by atoms with Crippen molar-refractivity contribution in [2.24, 2.45) is 0 Å². The van der Waals surface area contributed by atoms with E-state index in [0.29, 0.717) is 5.56 Å². The predicted octanol–water partition coefficient (Wildman–Crippen LogP) is 2.56. The minimum atomic E-state index is 0.0618. The molecule has 13 heavy (non-hydrogen) atoms. The lowest BCUT2D eigenvalue weighted by Crippen LogP contribution is -2.12. The highest BCUT2D eigenvalue weighted by atomic mass is 14.7. The van der Waals surface area contributed by atoms with Gasteiger partial charge in [0.2, 0.25) is 0 Å². The van der Waals surface area contributed by atoms with E-state index in [4.69, 9.17) is 5.26 Å². The van der Waals surface area contributed by atoms with Crippen molar-refractivity contribution in [3.05, 3.63) is 29.1 Å². The molecule has 0 saturated carbocycles. The molecule has 0 N–H and O–H groups in total. The van der Waals surface area contributed by atoms with Crippen molar-refractivity contribution in [2.75, 3.05) is 0 Å². The number of pyridine rings is 1. The standard InChI is InChI=1S/C11H14N2/c1-8-9(6-12)5-10(7-13-8)11(2,3)4/h5,7H,1-4H3. The minimum Gasteiger partial charge on any atom is -0.260 e. The van der Waals surface area contributed by atoms with E-state index in [1.54, 1.807) is 0 Å². The Labute approximate surface area is 79.2 Å². The zero-order valence-corrected chi connectivity index (χ0v) is 8.55. The first kappa shape index (κ1) is 9.73. The topological polar surface area (TPSA) is 36.7 Å². The zero-order chi connectivity index (χ0) is 10.1. The fraction of sp³-hybridized carbons (Fsp3) is 0.455. The highest BCUT2D eigenvalue weighted by Gasteiger charge is 2.15. The van der Waals surface area contributed by atoms with Crippen molar-refractivity contribution in [1.82, 2.24) is 4.98 Å². The van der Waals surface area contributed by atoms with Gasteiger partial charge in [-0.3, -0.25) is 4.98 Å². The van der Waals surface area contributed by atoms with Crippen LogP contribution in [0.25, 0.3) is 0 Å². The van der Waals surface area contributed by atoms with Gasteiger partial charge in [0.05, 0.1) is 11.3 Å². The first-order chi connectivity index (χ1) is 5.95. The molecule has 2 heteroatoms. The maximum absolute atomic E-state index is 8.82. The van der Waals surface area contributed by atoms with Crippen molar-refractivity contribution in [2.45, 2.75) is 33.1 Å². The average molecular weight is 174 g/mol. The number of nitrogens with zero attached hydrogens (tertiary/aromatic N) is 2. The summed E-state index contributed by atoms with van der Waals surface area (Å²) in [5.74, 6) is 0. The summed E-state index contributed by atoms with van der Waals surface area (Å²) in [7, 11) is 0. The van der Waals surface area contributed by atoms with E-state index in [0.717, 1.165) is 11.3 Å². The first-order valence-electron chi connectivity index (χ1n) is 4.32. The Bertz CT molecular complexity index is 353. The van der Waals surface area contributed by atoms with Crippen molar-refractivity contribution >= 4 is 0 Å². The van der Waals surface area contributed by atoms with E-state index in [1.807, 2.05) is 19.2 Å². The molecular weight excluding hydrogens is 160 g/mol. The number of hydrogen-bond donors (Lipinski definition) is 0. The van der Waals surface area contributed by atoms with Crippen LogP contribution in [0.1, 0.15) is 37.6 Å². The molecule has 0 aromatic carbocycles. The van der Waals surface area contributed by atoms with E-state index in [-0.39, 0.29) is 5.41 Å². The molecule has 2 nitrogen and oxygen atoms in total.